The Hall–Kier alpha value is -0.660. The Morgan fingerprint density at radius 1 is 1.45 bits per heavy atom. The molecule has 3 nitrogen and oxygen atoms in total. The third-order valence-electron chi connectivity index (χ3n) is 3.09. The Balaban J connectivity index is 2.53. The highest BCUT2D eigenvalue weighted by atomic mass is 127. The average Bonchev–Trinajstić information content (AvgIpc) is 2.78. The molecule has 0 aliphatic heterocycles. The summed E-state index contributed by atoms with van der Waals surface area (Å²) in [6, 6.07) is 4.71. The van der Waals surface area contributed by atoms with Gasteiger partial charge in [0, 0.05) is 10.1 Å². The molecule has 20 heavy (non-hydrogen) atoms. The molecule has 1 N–H and O–H groups in total. The van der Waals surface area contributed by atoms with Gasteiger partial charge >= 0.3 is 0 Å². The molecule has 1 aromatic heterocycles. The predicted molar refractivity (Wildman–Crippen MR) is 87.5 cm³/mol. The minimum Gasteiger partial charge on any atom is -0.305 e. The van der Waals surface area contributed by atoms with Crippen LogP contribution in [0.1, 0.15) is 31.1 Å². The highest BCUT2D eigenvalue weighted by Gasteiger charge is 2.23. The highest BCUT2D eigenvalue weighted by molar-refractivity contribution is 14.1. The lowest BCUT2D eigenvalue weighted by Gasteiger charge is -2.21. The third kappa shape index (κ3) is 3.15. The molecule has 0 bridgehead atoms. The highest BCUT2D eigenvalue weighted by Crippen LogP contribution is 2.31. The second-order valence-corrected chi connectivity index (χ2v) is 5.92. The van der Waals surface area contributed by atoms with Crippen LogP contribution in [-0.2, 0) is 6.54 Å². The minimum absolute atomic E-state index is 0.0950. The maximum Gasteiger partial charge on any atom is 0.124 e. The number of nitrogens with zero attached hydrogens (tertiary/aromatic N) is 2. The molecule has 0 amide bonds. The number of aryl methyl sites for hydroxylation is 1. The number of benzene rings is 1. The van der Waals surface area contributed by atoms with Gasteiger partial charge in [0.05, 0.1) is 23.0 Å². The number of aromatic nitrogens is 2. The van der Waals surface area contributed by atoms with Gasteiger partial charge in [-0.15, -0.1) is 0 Å². The molecule has 0 fully saturated rings. The van der Waals surface area contributed by atoms with Crippen molar-refractivity contribution in [3.8, 4) is 0 Å². The number of hydrogen-bond acceptors (Lipinski definition) is 2. The van der Waals surface area contributed by atoms with E-state index < -0.39 is 0 Å². The molecule has 0 spiro atoms. The largest absolute Gasteiger partial charge is 0.305 e. The summed E-state index contributed by atoms with van der Waals surface area (Å²) in [6.07, 6.45) is 1.65. The minimum atomic E-state index is -0.233. The molecule has 6 heteroatoms. The lowest BCUT2D eigenvalue weighted by atomic mass is 10.0. The summed E-state index contributed by atoms with van der Waals surface area (Å²) in [7, 11) is 0. The van der Waals surface area contributed by atoms with Gasteiger partial charge in [-0.1, -0.05) is 24.6 Å². The Labute approximate surface area is 136 Å². The SMILES string of the molecule is CCNC(c1ccc(F)cc1I)c1c(Cl)cnn1CC. The molecule has 0 saturated carbocycles. The van der Waals surface area contributed by atoms with Gasteiger partial charge in [0.15, 0.2) is 0 Å². The van der Waals surface area contributed by atoms with E-state index in [9.17, 15) is 4.39 Å². The van der Waals surface area contributed by atoms with Gasteiger partial charge in [-0.25, -0.2) is 4.39 Å². The zero-order valence-electron chi connectivity index (χ0n) is 11.3. The van der Waals surface area contributed by atoms with Crippen LogP contribution >= 0.6 is 34.2 Å². The van der Waals surface area contributed by atoms with Gasteiger partial charge in [0.2, 0.25) is 0 Å². The molecule has 1 heterocycles. The van der Waals surface area contributed by atoms with E-state index in [4.69, 9.17) is 11.6 Å². The molecule has 0 aliphatic rings. The van der Waals surface area contributed by atoms with Gasteiger partial charge in [0.1, 0.15) is 5.82 Å². The molecule has 2 rings (SSSR count). The molecule has 1 aromatic carbocycles. The topological polar surface area (TPSA) is 29.9 Å². The normalized spacial score (nSPS) is 12.7. The number of hydrogen-bond donors (Lipinski definition) is 1. The summed E-state index contributed by atoms with van der Waals surface area (Å²) in [6.45, 7) is 5.57. The summed E-state index contributed by atoms with van der Waals surface area (Å²) >= 11 is 8.44. The molecule has 1 unspecified atom stereocenters. The van der Waals surface area contributed by atoms with Crippen molar-refractivity contribution in [1.82, 2.24) is 15.1 Å². The van der Waals surface area contributed by atoms with Crippen LogP contribution in [-0.4, -0.2) is 16.3 Å². The van der Waals surface area contributed by atoms with Gasteiger partial charge in [-0.05, 0) is 53.8 Å². The Bertz CT molecular complexity index is 600. The van der Waals surface area contributed by atoms with Crippen LogP contribution in [0, 0.1) is 9.39 Å². The zero-order chi connectivity index (χ0) is 14.7. The maximum absolute atomic E-state index is 13.3. The molecule has 0 radical (unpaired) electrons. The maximum atomic E-state index is 13.3. The van der Waals surface area contributed by atoms with Crippen molar-refractivity contribution in [2.45, 2.75) is 26.4 Å². The first kappa shape index (κ1) is 15.7. The van der Waals surface area contributed by atoms with Crippen molar-refractivity contribution >= 4 is 34.2 Å². The van der Waals surface area contributed by atoms with Crippen LogP contribution in [0.25, 0.3) is 0 Å². The summed E-state index contributed by atoms with van der Waals surface area (Å²) in [5.41, 5.74) is 1.92. The first-order valence-corrected chi connectivity index (χ1v) is 7.93. The molecule has 1 atom stereocenters. The third-order valence-corrected chi connectivity index (χ3v) is 4.31. The number of rotatable bonds is 5. The Morgan fingerprint density at radius 3 is 2.80 bits per heavy atom. The fourth-order valence-electron chi connectivity index (χ4n) is 2.20. The Morgan fingerprint density at radius 2 is 2.20 bits per heavy atom. The van der Waals surface area contributed by atoms with E-state index in [1.807, 2.05) is 18.5 Å². The summed E-state index contributed by atoms with van der Waals surface area (Å²) in [5, 5.41) is 8.31. The second kappa shape index (κ2) is 6.87. The van der Waals surface area contributed by atoms with Crippen molar-refractivity contribution in [3.05, 3.63) is 50.1 Å². The summed E-state index contributed by atoms with van der Waals surface area (Å²) in [5.74, 6) is -0.233. The number of nitrogens with one attached hydrogen (secondary N) is 1. The van der Waals surface area contributed by atoms with E-state index in [2.05, 4.69) is 33.0 Å². The average molecular weight is 408 g/mol. The monoisotopic (exact) mass is 407 g/mol. The fourth-order valence-corrected chi connectivity index (χ4v) is 3.24. The molecule has 0 saturated heterocycles. The van der Waals surface area contributed by atoms with Crippen molar-refractivity contribution in [2.75, 3.05) is 6.54 Å². The summed E-state index contributed by atoms with van der Waals surface area (Å²) < 4.78 is 16.0. The smallest absolute Gasteiger partial charge is 0.124 e. The quantitative estimate of drug-likeness (QED) is 0.759. The molecular weight excluding hydrogens is 392 g/mol. The van der Waals surface area contributed by atoms with Crippen LogP contribution in [0.4, 0.5) is 4.39 Å². The zero-order valence-corrected chi connectivity index (χ0v) is 14.2. The van der Waals surface area contributed by atoms with E-state index in [1.165, 1.54) is 12.1 Å². The van der Waals surface area contributed by atoms with Crippen molar-refractivity contribution in [1.29, 1.82) is 0 Å². The fraction of sp³-hybridized carbons (Fsp3) is 0.357. The molecule has 2 aromatic rings. The van der Waals surface area contributed by atoms with Gasteiger partial charge in [-0.3, -0.25) is 4.68 Å². The van der Waals surface area contributed by atoms with Crippen LogP contribution in [0.2, 0.25) is 5.02 Å². The second-order valence-electron chi connectivity index (χ2n) is 4.35. The van der Waals surface area contributed by atoms with E-state index in [0.29, 0.717) is 5.02 Å². The van der Waals surface area contributed by atoms with E-state index in [-0.39, 0.29) is 11.9 Å². The van der Waals surface area contributed by atoms with Gasteiger partial charge in [0.25, 0.3) is 0 Å². The van der Waals surface area contributed by atoms with Crippen molar-refractivity contribution < 1.29 is 4.39 Å². The Kier molecular flexibility index (Phi) is 5.40. The van der Waals surface area contributed by atoms with E-state index in [0.717, 1.165) is 27.9 Å². The van der Waals surface area contributed by atoms with E-state index in [1.54, 1.807) is 12.3 Å². The van der Waals surface area contributed by atoms with Crippen LogP contribution in [0.5, 0.6) is 0 Å². The summed E-state index contributed by atoms with van der Waals surface area (Å²) in [4.78, 5) is 0. The molecule has 108 valence electrons. The van der Waals surface area contributed by atoms with Crippen LogP contribution in [0.15, 0.2) is 24.4 Å². The molecule has 0 aliphatic carbocycles. The van der Waals surface area contributed by atoms with E-state index >= 15 is 0 Å². The van der Waals surface area contributed by atoms with Crippen LogP contribution < -0.4 is 5.32 Å². The van der Waals surface area contributed by atoms with Gasteiger partial charge < -0.3 is 5.32 Å². The van der Waals surface area contributed by atoms with Crippen molar-refractivity contribution in [3.63, 3.8) is 0 Å². The molecular formula is C14H16ClFIN3. The standard InChI is InChI=1S/C14H16ClFIN3/c1-3-18-13(10-6-5-9(16)7-12(10)17)14-11(15)8-19-20(14)4-2/h5-8,13,18H,3-4H2,1-2H3. The predicted octanol–water partition coefficient (Wildman–Crippen LogP) is 4.00. The lowest BCUT2D eigenvalue weighted by molar-refractivity contribution is 0.539. The van der Waals surface area contributed by atoms with Gasteiger partial charge in [-0.2, -0.15) is 5.10 Å². The first-order chi connectivity index (χ1) is 9.58. The van der Waals surface area contributed by atoms with Crippen molar-refractivity contribution in [2.24, 2.45) is 0 Å². The number of halogens is 3. The lowest BCUT2D eigenvalue weighted by Crippen LogP contribution is -2.26. The first-order valence-electron chi connectivity index (χ1n) is 6.48. The van der Waals surface area contributed by atoms with Crippen LogP contribution in [0.3, 0.4) is 0 Å².